The predicted molar refractivity (Wildman–Crippen MR) is 77.1 cm³/mol. The Bertz CT molecular complexity index is 782. The summed E-state index contributed by atoms with van der Waals surface area (Å²) >= 11 is 0. The molecule has 0 spiro atoms. The molecule has 3 N–H and O–H groups in total. The van der Waals surface area contributed by atoms with Gasteiger partial charge in [0.1, 0.15) is 5.75 Å². The number of sulfonamides is 1. The van der Waals surface area contributed by atoms with Crippen molar-refractivity contribution in [3.8, 4) is 5.75 Å². The van der Waals surface area contributed by atoms with Crippen LogP contribution >= 0.6 is 0 Å². The van der Waals surface area contributed by atoms with Gasteiger partial charge in [-0.3, -0.25) is 4.72 Å². The molecule has 0 fully saturated rings. The average molecular weight is 307 g/mol. The van der Waals surface area contributed by atoms with Crippen LogP contribution in [-0.2, 0) is 10.0 Å². The maximum atomic E-state index is 12.2. The van der Waals surface area contributed by atoms with Crippen LogP contribution in [0.3, 0.4) is 0 Å². The quantitative estimate of drug-likeness (QED) is 0.751. The summed E-state index contributed by atoms with van der Waals surface area (Å²) in [5, 5.41) is 18.5. The van der Waals surface area contributed by atoms with Gasteiger partial charge < -0.3 is 10.2 Å². The fraction of sp³-hybridized carbons (Fsp3) is 0.0714. The second-order valence-electron chi connectivity index (χ2n) is 4.46. The van der Waals surface area contributed by atoms with Crippen molar-refractivity contribution in [1.29, 1.82) is 0 Å². The number of hydrogen-bond acceptors (Lipinski definition) is 4. The summed E-state index contributed by atoms with van der Waals surface area (Å²) in [6, 6.07) is 9.50. The Morgan fingerprint density at radius 3 is 2.29 bits per heavy atom. The van der Waals surface area contributed by atoms with Gasteiger partial charge in [-0.2, -0.15) is 0 Å². The third-order valence-electron chi connectivity index (χ3n) is 2.82. The van der Waals surface area contributed by atoms with Gasteiger partial charge in [-0.1, -0.05) is 17.7 Å². The zero-order chi connectivity index (χ0) is 15.6. The minimum atomic E-state index is -3.90. The fourth-order valence-corrected chi connectivity index (χ4v) is 2.74. The number of rotatable bonds is 4. The fourth-order valence-electron chi connectivity index (χ4n) is 1.67. The topological polar surface area (TPSA) is 104 Å². The molecule has 0 unspecified atom stereocenters. The lowest BCUT2D eigenvalue weighted by Crippen LogP contribution is -2.13. The van der Waals surface area contributed by atoms with Crippen molar-refractivity contribution in [2.75, 3.05) is 4.72 Å². The van der Waals surface area contributed by atoms with E-state index in [0.29, 0.717) is 0 Å². The van der Waals surface area contributed by atoms with E-state index in [1.165, 1.54) is 18.2 Å². The first-order chi connectivity index (χ1) is 9.79. The van der Waals surface area contributed by atoms with Gasteiger partial charge in [-0.15, -0.1) is 0 Å². The van der Waals surface area contributed by atoms with Gasteiger partial charge in [-0.05, 0) is 37.3 Å². The Balaban J connectivity index is 2.38. The van der Waals surface area contributed by atoms with E-state index in [1.54, 1.807) is 12.1 Å². The van der Waals surface area contributed by atoms with Crippen LogP contribution in [-0.4, -0.2) is 24.6 Å². The first kappa shape index (κ1) is 14.9. The Hall–Kier alpha value is -2.54. The van der Waals surface area contributed by atoms with Crippen molar-refractivity contribution in [3.05, 3.63) is 53.6 Å². The van der Waals surface area contributed by atoms with Crippen LogP contribution in [0.2, 0.25) is 0 Å². The summed E-state index contributed by atoms with van der Waals surface area (Å²) in [5.74, 6) is -1.57. The maximum absolute atomic E-state index is 12.2. The van der Waals surface area contributed by atoms with Crippen LogP contribution in [0.15, 0.2) is 47.4 Å². The molecule has 2 rings (SSSR count). The Labute approximate surface area is 121 Å². The van der Waals surface area contributed by atoms with Crippen molar-refractivity contribution in [2.45, 2.75) is 11.8 Å². The molecule has 0 aromatic heterocycles. The Morgan fingerprint density at radius 1 is 1.10 bits per heavy atom. The van der Waals surface area contributed by atoms with Crippen molar-refractivity contribution >= 4 is 21.7 Å². The largest absolute Gasteiger partial charge is 0.506 e. The number of anilines is 1. The predicted octanol–water partition coefficient (Wildman–Crippen LogP) is 2.20. The van der Waals surface area contributed by atoms with Crippen molar-refractivity contribution in [2.24, 2.45) is 0 Å². The van der Waals surface area contributed by atoms with Crippen molar-refractivity contribution in [1.82, 2.24) is 0 Å². The second-order valence-corrected chi connectivity index (χ2v) is 6.14. The van der Waals surface area contributed by atoms with Crippen LogP contribution in [0.25, 0.3) is 0 Å². The third-order valence-corrected chi connectivity index (χ3v) is 4.20. The van der Waals surface area contributed by atoms with Gasteiger partial charge in [0.25, 0.3) is 10.0 Å². The van der Waals surface area contributed by atoms with Gasteiger partial charge >= 0.3 is 5.97 Å². The number of benzene rings is 2. The standard InChI is InChI=1S/C14H13NO5S/c1-9-2-5-11(6-3-9)21(19,20)15-12-8-10(14(17)18)4-7-13(12)16/h2-8,15-16H,1H3,(H,17,18). The van der Waals surface area contributed by atoms with Crippen molar-refractivity contribution in [3.63, 3.8) is 0 Å². The lowest BCUT2D eigenvalue weighted by Gasteiger charge is -2.10. The number of aryl methyl sites for hydroxylation is 1. The third kappa shape index (κ3) is 3.32. The molecule has 2 aromatic carbocycles. The van der Waals surface area contributed by atoms with E-state index >= 15 is 0 Å². The van der Waals surface area contributed by atoms with Crippen LogP contribution in [0.5, 0.6) is 5.75 Å². The lowest BCUT2D eigenvalue weighted by atomic mass is 10.2. The molecule has 0 bridgehead atoms. The molecule has 0 atom stereocenters. The van der Waals surface area contributed by atoms with Gasteiger partial charge in [0.15, 0.2) is 0 Å². The van der Waals surface area contributed by atoms with E-state index in [9.17, 15) is 18.3 Å². The van der Waals surface area contributed by atoms with Crippen LogP contribution in [0, 0.1) is 6.92 Å². The summed E-state index contributed by atoms with van der Waals surface area (Å²) < 4.78 is 26.5. The number of phenolic OH excluding ortho intramolecular Hbond substituents is 1. The summed E-state index contributed by atoms with van der Waals surface area (Å²) in [4.78, 5) is 10.9. The summed E-state index contributed by atoms with van der Waals surface area (Å²) in [6.45, 7) is 1.83. The summed E-state index contributed by atoms with van der Waals surface area (Å²) in [7, 11) is -3.90. The summed E-state index contributed by atoms with van der Waals surface area (Å²) in [6.07, 6.45) is 0. The molecule has 6 nitrogen and oxygen atoms in total. The molecular weight excluding hydrogens is 294 g/mol. The number of hydrogen-bond donors (Lipinski definition) is 3. The number of aromatic carboxylic acids is 1. The molecule has 0 saturated heterocycles. The molecule has 0 amide bonds. The van der Waals surface area contributed by atoms with E-state index < -0.39 is 16.0 Å². The lowest BCUT2D eigenvalue weighted by molar-refractivity contribution is 0.0697. The molecule has 2 aromatic rings. The molecule has 0 radical (unpaired) electrons. The highest BCUT2D eigenvalue weighted by Crippen LogP contribution is 2.27. The number of nitrogens with one attached hydrogen (secondary N) is 1. The molecule has 0 aliphatic rings. The molecular formula is C14H13NO5S. The average Bonchev–Trinajstić information content (AvgIpc) is 2.41. The number of carboxylic acid groups (broad SMARTS) is 1. The monoisotopic (exact) mass is 307 g/mol. The number of carboxylic acids is 1. The van der Waals surface area contributed by atoms with Crippen molar-refractivity contribution < 1.29 is 23.4 Å². The molecule has 0 aliphatic heterocycles. The Kier molecular flexibility index (Phi) is 3.86. The molecule has 21 heavy (non-hydrogen) atoms. The highest BCUT2D eigenvalue weighted by atomic mass is 32.2. The zero-order valence-electron chi connectivity index (χ0n) is 11.1. The van der Waals surface area contributed by atoms with Crippen LogP contribution in [0.1, 0.15) is 15.9 Å². The Morgan fingerprint density at radius 2 is 1.71 bits per heavy atom. The number of aromatic hydroxyl groups is 1. The SMILES string of the molecule is Cc1ccc(S(=O)(=O)Nc2cc(C(=O)O)ccc2O)cc1. The smallest absolute Gasteiger partial charge is 0.335 e. The van der Waals surface area contributed by atoms with E-state index in [2.05, 4.69) is 4.72 Å². The normalized spacial score (nSPS) is 11.1. The van der Waals surface area contributed by atoms with Gasteiger partial charge in [0.05, 0.1) is 16.1 Å². The second kappa shape index (κ2) is 5.45. The van der Waals surface area contributed by atoms with Gasteiger partial charge in [0.2, 0.25) is 0 Å². The van der Waals surface area contributed by atoms with Crippen LogP contribution in [0.4, 0.5) is 5.69 Å². The van der Waals surface area contributed by atoms with E-state index in [4.69, 9.17) is 5.11 Å². The highest BCUT2D eigenvalue weighted by molar-refractivity contribution is 7.92. The van der Waals surface area contributed by atoms with Gasteiger partial charge in [-0.25, -0.2) is 13.2 Å². The highest BCUT2D eigenvalue weighted by Gasteiger charge is 2.17. The van der Waals surface area contributed by atoms with E-state index in [-0.39, 0.29) is 21.9 Å². The van der Waals surface area contributed by atoms with E-state index in [1.807, 2.05) is 6.92 Å². The molecule has 0 aliphatic carbocycles. The first-order valence-corrected chi connectivity index (χ1v) is 7.44. The molecule has 0 heterocycles. The minimum Gasteiger partial charge on any atom is -0.506 e. The summed E-state index contributed by atoms with van der Waals surface area (Å²) in [5.41, 5.74) is 0.592. The zero-order valence-corrected chi connectivity index (χ0v) is 11.9. The van der Waals surface area contributed by atoms with Gasteiger partial charge in [0, 0.05) is 0 Å². The molecule has 110 valence electrons. The molecule has 0 saturated carbocycles. The minimum absolute atomic E-state index is 0.0215. The van der Waals surface area contributed by atoms with E-state index in [0.717, 1.165) is 17.7 Å². The molecule has 7 heteroatoms. The van der Waals surface area contributed by atoms with Crippen LogP contribution < -0.4 is 4.72 Å². The first-order valence-electron chi connectivity index (χ1n) is 5.95. The number of carbonyl (C=O) groups is 1. The maximum Gasteiger partial charge on any atom is 0.335 e. The number of phenols is 1.